The van der Waals surface area contributed by atoms with E-state index in [0.29, 0.717) is 55.1 Å². The van der Waals surface area contributed by atoms with Crippen molar-refractivity contribution in [3.63, 3.8) is 0 Å². The quantitative estimate of drug-likeness (QED) is 0.738. The maximum absolute atomic E-state index is 13.3. The molecule has 1 fully saturated rings. The Morgan fingerprint density at radius 1 is 0.967 bits per heavy atom. The van der Waals surface area contributed by atoms with E-state index in [1.54, 1.807) is 24.0 Å². The van der Waals surface area contributed by atoms with Crippen LogP contribution in [0.15, 0.2) is 64.6 Å². The highest BCUT2D eigenvalue weighted by Gasteiger charge is 2.34. The molecule has 156 valence electrons. The third kappa shape index (κ3) is 3.87. The SMILES string of the molecule is CC1=C(c2ccc(F)cc2)S(=O)(=O)N=C1N1CCCN(C(=O)c2ccccc2)CC1. The van der Waals surface area contributed by atoms with Crippen LogP contribution < -0.4 is 0 Å². The normalized spacial score (nSPS) is 18.9. The molecule has 0 N–H and O–H groups in total. The maximum atomic E-state index is 13.3. The summed E-state index contributed by atoms with van der Waals surface area (Å²) >= 11 is 0. The summed E-state index contributed by atoms with van der Waals surface area (Å²) in [5.74, 6) is -0.0507. The van der Waals surface area contributed by atoms with Crippen LogP contribution in [-0.4, -0.2) is 56.1 Å². The number of nitrogens with zero attached hydrogens (tertiary/aromatic N) is 3. The van der Waals surface area contributed by atoms with Crippen LogP contribution in [0.2, 0.25) is 0 Å². The van der Waals surface area contributed by atoms with E-state index in [0.717, 1.165) is 0 Å². The number of halogens is 1. The van der Waals surface area contributed by atoms with Gasteiger partial charge in [-0.3, -0.25) is 4.79 Å². The highest BCUT2D eigenvalue weighted by Crippen LogP contribution is 2.33. The first-order valence-electron chi connectivity index (χ1n) is 9.78. The number of hydrogen-bond donors (Lipinski definition) is 0. The van der Waals surface area contributed by atoms with Crippen LogP contribution in [0.5, 0.6) is 0 Å². The second-order valence-corrected chi connectivity index (χ2v) is 8.89. The molecule has 1 saturated heterocycles. The second kappa shape index (κ2) is 8.02. The van der Waals surface area contributed by atoms with Crippen molar-refractivity contribution in [1.29, 1.82) is 0 Å². The molecule has 2 aromatic carbocycles. The molecule has 0 bridgehead atoms. The Morgan fingerprint density at radius 2 is 1.67 bits per heavy atom. The topological polar surface area (TPSA) is 70.1 Å². The van der Waals surface area contributed by atoms with E-state index in [-0.39, 0.29) is 10.8 Å². The first-order chi connectivity index (χ1) is 14.4. The van der Waals surface area contributed by atoms with Crippen molar-refractivity contribution in [3.8, 4) is 0 Å². The highest BCUT2D eigenvalue weighted by atomic mass is 32.2. The summed E-state index contributed by atoms with van der Waals surface area (Å²) in [7, 11) is -3.86. The third-order valence-electron chi connectivity index (χ3n) is 5.35. The Bertz CT molecular complexity index is 1130. The van der Waals surface area contributed by atoms with Crippen LogP contribution in [-0.2, 0) is 10.0 Å². The minimum atomic E-state index is -3.86. The number of sulfonamides is 1. The molecule has 2 aliphatic heterocycles. The van der Waals surface area contributed by atoms with E-state index in [4.69, 9.17) is 0 Å². The lowest BCUT2D eigenvalue weighted by Crippen LogP contribution is -2.37. The molecule has 2 heterocycles. The fourth-order valence-corrected chi connectivity index (χ4v) is 5.36. The smallest absolute Gasteiger partial charge is 0.285 e. The van der Waals surface area contributed by atoms with Gasteiger partial charge in [0.15, 0.2) is 0 Å². The van der Waals surface area contributed by atoms with Crippen LogP contribution in [0, 0.1) is 5.82 Å². The van der Waals surface area contributed by atoms with E-state index in [1.165, 1.54) is 24.3 Å². The Kier molecular flexibility index (Phi) is 5.42. The van der Waals surface area contributed by atoms with Gasteiger partial charge in [-0.25, -0.2) is 4.39 Å². The Balaban J connectivity index is 1.56. The first-order valence-corrected chi connectivity index (χ1v) is 11.2. The third-order valence-corrected chi connectivity index (χ3v) is 6.82. The van der Waals surface area contributed by atoms with Crippen molar-refractivity contribution < 1.29 is 17.6 Å². The van der Waals surface area contributed by atoms with Gasteiger partial charge in [0.1, 0.15) is 16.6 Å². The summed E-state index contributed by atoms with van der Waals surface area (Å²) in [4.78, 5) is 16.6. The second-order valence-electron chi connectivity index (χ2n) is 7.35. The molecule has 2 aliphatic rings. The summed E-state index contributed by atoms with van der Waals surface area (Å²) < 4.78 is 42.7. The monoisotopic (exact) mass is 427 g/mol. The molecule has 4 rings (SSSR count). The highest BCUT2D eigenvalue weighted by molar-refractivity contribution is 8.00. The lowest BCUT2D eigenvalue weighted by Gasteiger charge is -2.23. The molecule has 8 heteroatoms. The summed E-state index contributed by atoms with van der Waals surface area (Å²) in [6, 6.07) is 14.5. The zero-order valence-electron chi connectivity index (χ0n) is 16.6. The van der Waals surface area contributed by atoms with Crippen molar-refractivity contribution in [2.24, 2.45) is 4.40 Å². The minimum absolute atomic E-state index is 0.0299. The lowest BCUT2D eigenvalue weighted by molar-refractivity contribution is 0.0764. The largest absolute Gasteiger partial charge is 0.354 e. The summed E-state index contributed by atoms with van der Waals surface area (Å²) in [5, 5.41) is 0. The van der Waals surface area contributed by atoms with Crippen LogP contribution in [0.4, 0.5) is 4.39 Å². The number of rotatable bonds is 2. The molecule has 6 nitrogen and oxygen atoms in total. The minimum Gasteiger partial charge on any atom is -0.354 e. The van der Waals surface area contributed by atoms with Crippen molar-refractivity contribution in [2.75, 3.05) is 26.2 Å². The maximum Gasteiger partial charge on any atom is 0.285 e. The molecule has 0 spiro atoms. The number of carbonyl (C=O) groups excluding carboxylic acids is 1. The van der Waals surface area contributed by atoms with E-state index >= 15 is 0 Å². The van der Waals surface area contributed by atoms with Gasteiger partial charge < -0.3 is 9.80 Å². The van der Waals surface area contributed by atoms with Gasteiger partial charge in [0.25, 0.3) is 15.9 Å². The van der Waals surface area contributed by atoms with Gasteiger partial charge in [-0.15, -0.1) is 4.40 Å². The number of hydrogen-bond acceptors (Lipinski definition) is 4. The summed E-state index contributed by atoms with van der Waals surface area (Å²) in [6.45, 7) is 3.88. The van der Waals surface area contributed by atoms with Crippen LogP contribution in [0.1, 0.15) is 29.3 Å². The average Bonchev–Trinajstić information content (AvgIpc) is 2.90. The molecule has 0 radical (unpaired) electrons. The van der Waals surface area contributed by atoms with Crippen LogP contribution in [0.25, 0.3) is 4.91 Å². The number of carbonyl (C=O) groups is 1. The standard InChI is InChI=1S/C22H22FN3O3S/c1-16-20(17-8-10-19(23)11-9-17)30(28,29)24-21(16)25-12-5-13-26(15-14-25)22(27)18-6-3-2-4-7-18/h2-4,6-11H,5,12-15H2,1H3. The van der Waals surface area contributed by atoms with Gasteiger partial charge in [0, 0.05) is 37.3 Å². The van der Waals surface area contributed by atoms with Gasteiger partial charge in [-0.2, -0.15) is 8.42 Å². The average molecular weight is 428 g/mol. The van der Waals surface area contributed by atoms with Gasteiger partial charge in [0.2, 0.25) is 0 Å². The zero-order chi connectivity index (χ0) is 21.3. The van der Waals surface area contributed by atoms with E-state index in [1.807, 2.05) is 23.1 Å². The molecule has 1 amide bonds. The molecular weight excluding hydrogens is 405 g/mol. The molecule has 30 heavy (non-hydrogen) atoms. The molecule has 2 aromatic rings. The number of amides is 1. The van der Waals surface area contributed by atoms with E-state index in [9.17, 15) is 17.6 Å². The molecule has 0 saturated carbocycles. The van der Waals surface area contributed by atoms with E-state index < -0.39 is 15.8 Å². The fourth-order valence-electron chi connectivity index (χ4n) is 3.88. The molecule has 0 atom stereocenters. The molecular formula is C22H22FN3O3S. The van der Waals surface area contributed by atoms with Crippen LogP contribution in [0.3, 0.4) is 0 Å². The zero-order valence-corrected chi connectivity index (χ0v) is 17.4. The predicted octanol–water partition coefficient (Wildman–Crippen LogP) is 3.15. The predicted molar refractivity (Wildman–Crippen MR) is 114 cm³/mol. The van der Waals surface area contributed by atoms with Crippen molar-refractivity contribution >= 4 is 26.7 Å². The molecule has 0 aromatic heterocycles. The fraction of sp³-hybridized carbons (Fsp3) is 0.273. The van der Waals surface area contributed by atoms with Gasteiger partial charge in [0.05, 0.1) is 0 Å². The summed E-state index contributed by atoms with van der Waals surface area (Å²) in [6.07, 6.45) is 0.705. The van der Waals surface area contributed by atoms with Crippen molar-refractivity contribution in [2.45, 2.75) is 13.3 Å². The number of benzene rings is 2. The molecule has 0 unspecified atom stereocenters. The first kappa shape index (κ1) is 20.3. The van der Waals surface area contributed by atoms with Gasteiger partial charge >= 0.3 is 0 Å². The Morgan fingerprint density at radius 3 is 2.37 bits per heavy atom. The Hall–Kier alpha value is -3.00. The summed E-state index contributed by atoms with van der Waals surface area (Å²) in [5.41, 5.74) is 1.61. The van der Waals surface area contributed by atoms with E-state index in [2.05, 4.69) is 4.40 Å². The van der Waals surface area contributed by atoms with Crippen molar-refractivity contribution in [1.82, 2.24) is 9.80 Å². The van der Waals surface area contributed by atoms with Gasteiger partial charge in [-0.1, -0.05) is 30.3 Å². The van der Waals surface area contributed by atoms with Crippen LogP contribution >= 0.6 is 0 Å². The molecule has 0 aliphatic carbocycles. The Labute approximate surface area is 175 Å². The lowest BCUT2D eigenvalue weighted by atomic mass is 10.1. The number of amidine groups is 1. The van der Waals surface area contributed by atoms with Gasteiger partial charge in [-0.05, 0) is 43.2 Å². The van der Waals surface area contributed by atoms with Crippen molar-refractivity contribution in [3.05, 3.63) is 77.1 Å².